The lowest BCUT2D eigenvalue weighted by Gasteiger charge is -2.34. The fourth-order valence-electron chi connectivity index (χ4n) is 4.15. The molecule has 4 rings (SSSR count). The average molecular weight is 375 g/mol. The fraction of sp³-hybridized carbons (Fsp3) is 0.375. The van der Waals surface area contributed by atoms with Gasteiger partial charge in [-0.1, -0.05) is 54.6 Å². The smallest absolute Gasteiger partial charge is 0.0716 e. The molecule has 146 valence electrons. The zero-order valence-corrected chi connectivity index (χ0v) is 17.0. The number of piperazine rings is 1. The zero-order chi connectivity index (χ0) is 19.3. The zero-order valence-electron chi connectivity index (χ0n) is 17.0. The van der Waals surface area contributed by atoms with Crippen molar-refractivity contribution in [1.82, 2.24) is 20.0 Å². The van der Waals surface area contributed by atoms with E-state index in [9.17, 15) is 0 Å². The Labute approximate surface area is 168 Å². The molecule has 1 aliphatic heterocycles. The normalized spacial score (nSPS) is 15.8. The van der Waals surface area contributed by atoms with Crippen LogP contribution in [0.5, 0.6) is 0 Å². The molecule has 3 aromatic rings. The third-order valence-electron chi connectivity index (χ3n) is 5.82. The van der Waals surface area contributed by atoms with Gasteiger partial charge in [0.15, 0.2) is 0 Å². The summed E-state index contributed by atoms with van der Waals surface area (Å²) in [4.78, 5) is 5.14. The Morgan fingerprint density at radius 1 is 0.857 bits per heavy atom. The summed E-state index contributed by atoms with van der Waals surface area (Å²) in [7, 11) is 0. The molecule has 4 heteroatoms. The van der Waals surface area contributed by atoms with E-state index < -0.39 is 0 Å². The molecule has 1 saturated heterocycles. The van der Waals surface area contributed by atoms with Crippen LogP contribution in [0.4, 0.5) is 0 Å². The van der Waals surface area contributed by atoms with Crippen LogP contribution in [0.1, 0.15) is 22.5 Å². The SMILES string of the molecule is Cc1ccccc1-c1c(CCN2CCN(Cc3ccccc3)CC2)n[nH]c1C. The van der Waals surface area contributed by atoms with Crippen molar-refractivity contribution >= 4 is 0 Å². The lowest BCUT2D eigenvalue weighted by Crippen LogP contribution is -2.46. The molecule has 1 aliphatic rings. The van der Waals surface area contributed by atoms with Crippen molar-refractivity contribution in [2.45, 2.75) is 26.8 Å². The van der Waals surface area contributed by atoms with Gasteiger partial charge in [0.1, 0.15) is 0 Å². The Morgan fingerprint density at radius 3 is 2.29 bits per heavy atom. The summed E-state index contributed by atoms with van der Waals surface area (Å²) in [6.45, 7) is 11.0. The molecule has 28 heavy (non-hydrogen) atoms. The van der Waals surface area contributed by atoms with E-state index in [0.29, 0.717) is 0 Å². The summed E-state index contributed by atoms with van der Waals surface area (Å²) < 4.78 is 0. The molecule has 4 nitrogen and oxygen atoms in total. The van der Waals surface area contributed by atoms with E-state index in [2.05, 4.69) is 88.4 Å². The van der Waals surface area contributed by atoms with Crippen LogP contribution in [-0.2, 0) is 13.0 Å². The number of nitrogens with one attached hydrogen (secondary N) is 1. The third-order valence-corrected chi connectivity index (χ3v) is 5.82. The number of hydrogen-bond acceptors (Lipinski definition) is 3. The van der Waals surface area contributed by atoms with Gasteiger partial charge in [0.25, 0.3) is 0 Å². The summed E-state index contributed by atoms with van der Waals surface area (Å²) in [6, 6.07) is 19.4. The molecule has 0 unspecified atom stereocenters. The van der Waals surface area contributed by atoms with Crippen LogP contribution in [0.3, 0.4) is 0 Å². The van der Waals surface area contributed by atoms with E-state index in [4.69, 9.17) is 0 Å². The molecule has 0 aliphatic carbocycles. The molecule has 0 atom stereocenters. The number of nitrogens with zero attached hydrogens (tertiary/aromatic N) is 3. The Morgan fingerprint density at radius 2 is 1.54 bits per heavy atom. The molecular weight excluding hydrogens is 344 g/mol. The Bertz CT molecular complexity index is 892. The van der Waals surface area contributed by atoms with Gasteiger partial charge in [0, 0.05) is 56.9 Å². The highest BCUT2D eigenvalue weighted by Gasteiger charge is 2.19. The van der Waals surface area contributed by atoms with Crippen molar-refractivity contribution in [3.63, 3.8) is 0 Å². The number of rotatable bonds is 6. The minimum absolute atomic E-state index is 0.993. The maximum absolute atomic E-state index is 4.63. The van der Waals surface area contributed by atoms with Crippen LogP contribution < -0.4 is 0 Å². The van der Waals surface area contributed by atoms with Gasteiger partial charge in [0.05, 0.1) is 5.69 Å². The number of aromatic amines is 1. The van der Waals surface area contributed by atoms with E-state index in [1.54, 1.807) is 0 Å². The van der Waals surface area contributed by atoms with Crippen LogP contribution in [-0.4, -0.2) is 52.7 Å². The second-order valence-corrected chi connectivity index (χ2v) is 7.84. The van der Waals surface area contributed by atoms with Crippen molar-refractivity contribution in [1.29, 1.82) is 0 Å². The molecule has 0 radical (unpaired) electrons. The quantitative estimate of drug-likeness (QED) is 0.707. The number of benzene rings is 2. The highest BCUT2D eigenvalue weighted by molar-refractivity contribution is 5.71. The van der Waals surface area contributed by atoms with Crippen molar-refractivity contribution in [3.8, 4) is 11.1 Å². The van der Waals surface area contributed by atoms with Gasteiger partial charge in [-0.2, -0.15) is 5.10 Å². The van der Waals surface area contributed by atoms with E-state index in [1.165, 1.54) is 27.9 Å². The van der Waals surface area contributed by atoms with Gasteiger partial charge < -0.3 is 4.90 Å². The summed E-state index contributed by atoms with van der Waals surface area (Å²) >= 11 is 0. The maximum Gasteiger partial charge on any atom is 0.0716 e. The van der Waals surface area contributed by atoms with E-state index in [-0.39, 0.29) is 0 Å². The Kier molecular flexibility index (Phi) is 5.89. The molecule has 0 amide bonds. The molecule has 2 aromatic carbocycles. The van der Waals surface area contributed by atoms with Gasteiger partial charge in [-0.25, -0.2) is 0 Å². The topological polar surface area (TPSA) is 35.2 Å². The summed E-state index contributed by atoms with van der Waals surface area (Å²) in [6.07, 6.45) is 0.993. The maximum atomic E-state index is 4.63. The van der Waals surface area contributed by atoms with E-state index in [1.807, 2.05) is 0 Å². The summed E-state index contributed by atoms with van der Waals surface area (Å²) in [5.74, 6) is 0. The minimum Gasteiger partial charge on any atom is -0.300 e. The van der Waals surface area contributed by atoms with Crippen molar-refractivity contribution in [2.24, 2.45) is 0 Å². The molecule has 1 fully saturated rings. The van der Waals surface area contributed by atoms with Crippen LogP contribution in [0.15, 0.2) is 54.6 Å². The number of H-pyrrole nitrogens is 1. The van der Waals surface area contributed by atoms with Gasteiger partial charge in [-0.05, 0) is 30.5 Å². The van der Waals surface area contributed by atoms with Crippen molar-refractivity contribution in [3.05, 3.63) is 77.1 Å². The van der Waals surface area contributed by atoms with Gasteiger partial charge >= 0.3 is 0 Å². The highest BCUT2D eigenvalue weighted by Crippen LogP contribution is 2.29. The van der Waals surface area contributed by atoms with Crippen LogP contribution in [0.2, 0.25) is 0 Å². The summed E-state index contributed by atoms with van der Waals surface area (Å²) in [5.41, 5.74) is 7.67. The molecule has 0 spiro atoms. The minimum atomic E-state index is 0.993. The first-order valence-electron chi connectivity index (χ1n) is 10.3. The Hall–Kier alpha value is -2.43. The highest BCUT2D eigenvalue weighted by atomic mass is 15.3. The first-order chi connectivity index (χ1) is 13.7. The van der Waals surface area contributed by atoms with Crippen molar-refractivity contribution < 1.29 is 0 Å². The lowest BCUT2D eigenvalue weighted by atomic mass is 9.97. The lowest BCUT2D eigenvalue weighted by molar-refractivity contribution is 0.128. The molecule has 0 saturated carbocycles. The monoisotopic (exact) mass is 374 g/mol. The standard InChI is InChI=1S/C24H30N4/c1-19-8-6-7-11-22(19)24-20(2)25-26-23(24)12-13-27-14-16-28(17-15-27)18-21-9-4-3-5-10-21/h3-11H,12-18H2,1-2H3,(H,25,26). The van der Waals surface area contributed by atoms with Crippen LogP contribution >= 0.6 is 0 Å². The Balaban J connectivity index is 1.33. The second-order valence-electron chi connectivity index (χ2n) is 7.84. The van der Waals surface area contributed by atoms with Crippen LogP contribution in [0, 0.1) is 13.8 Å². The molecular formula is C24H30N4. The van der Waals surface area contributed by atoms with Gasteiger partial charge in [-0.15, -0.1) is 0 Å². The summed E-state index contributed by atoms with van der Waals surface area (Å²) in [5, 5.41) is 7.83. The predicted octanol–water partition coefficient (Wildman–Crippen LogP) is 4.05. The molecule has 1 aromatic heterocycles. The predicted molar refractivity (Wildman–Crippen MR) is 115 cm³/mol. The first kappa shape index (κ1) is 18.9. The third kappa shape index (κ3) is 4.34. The van der Waals surface area contributed by atoms with Crippen LogP contribution in [0.25, 0.3) is 11.1 Å². The fourth-order valence-corrected chi connectivity index (χ4v) is 4.15. The first-order valence-corrected chi connectivity index (χ1v) is 10.3. The van der Waals surface area contributed by atoms with Gasteiger partial charge in [0.2, 0.25) is 0 Å². The number of hydrogen-bond donors (Lipinski definition) is 1. The van der Waals surface area contributed by atoms with E-state index >= 15 is 0 Å². The number of aryl methyl sites for hydroxylation is 2. The molecule has 2 heterocycles. The molecule has 0 bridgehead atoms. The van der Waals surface area contributed by atoms with Crippen molar-refractivity contribution in [2.75, 3.05) is 32.7 Å². The van der Waals surface area contributed by atoms with Gasteiger partial charge in [-0.3, -0.25) is 10.00 Å². The number of aromatic nitrogens is 2. The second kappa shape index (κ2) is 8.72. The largest absolute Gasteiger partial charge is 0.300 e. The average Bonchev–Trinajstić information content (AvgIpc) is 3.09. The molecule has 1 N–H and O–H groups in total. The van der Waals surface area contributed by atoms with E-state index in [0.717, 1.165) is 51.4 Å².